The molecule has 0 unspecified atom stereocenters. The van der Waals surface area contributed by atoms with Gasteiger partial charge in [0.25, 0.3) is 0 Å². The maximum Gasteiger partial charge on any atom is 0.134 e. The topological polar surface area (TPSA) is 35.2 Å². The van der Waals surface area contributed by atoms with Gasteiger partial charge < -0.3 is 10.5 Å². The Hall–Kier alpha value is -1.80. The van der Waals surface area contributed by atoms with Crippen LogP contribution in [0, 0.1) is 6.92 Å². The lowest BCUT2D eigenvalue weighted by Gasteiger charge is -2.19. The molecule has 0 radical (unpaired) electrons. The molecule has 2 aromatic rings. The number of ether oxygens (including phenoxy) is 1. The van der Waals surface area contributed by atoms with E-state index in [1.807, 2.05) is 37.3 Å². The molecule has 0 fully saturated rings. The summed E-state index contributed by atoms with van der Waals surface area (Å²) in [4.78, 5) is 0. The standard InChI is InChI=1S/C18H23NO/c1-13-6-5-7-14(12-19)17(13)20-16-10-8-15(9-11-16)18(2,3)4/h5-11H,12,19H2,1-4H3. The van der Waals surface area contributed by atoms with Crippen LogP contribution in [0.25, 0.3) is 0 Å². The normalized spacial score (nSPS) is 11.4. The van der Waals surface area contributed by atoms with Crippen LogP contribution in [0.1, 0.15) is 37.5 Å². The maximum absolute atomic E-state index is 6.02. The van der Waals surface area contributed by atoms with E-state index in [0.29, 0.717) is 6.54 Å². The molecule has 0 aromatic heterocycles. The van der Waals surface area contributed by atoms with Crippen LogP contribution in [-0.2, 0) is 12.0 Å². The molecule has 0 saturated heterocycles. The Bertz CT molecular complexity index is 579. The zero-order valence-electron chi connectivity index (χ0n) is 12.7. The van der Waals surface area contributed by atoms with Crippen molar-refractivity contribution in [3.8, 4) is 11.5 Å². The second-order valence-corrected chi connectivity index (χ2v) is 6.14. The van der Waals surface area contributed by atoms with E-state index in [2.05, 4.69) is 32.9 Å². The van der Waals surface area contributed by atoms with Crippen molar-refractivity contribution in [2.75, 3.05) is 0 Å². The zero-order chi connectivity index (χ0) is 14.8. The summed E-state index contributed by atoms with van der Waals surface area (Å²) in [5.74, 6) is 1.72. The van der Waals surface area contributed by atoms with Crippen LogP contribution in [0.4, 0.5) is 0 Å². The van der Waals surface area contributed by atoms with E-state index < -0.39 is 0 Å². The number of para-hydroxylation sites is 1. The Morgan fingerprint density at radius 3 is 2.20 bits per heavy atom. The second kappa shape index (κ2) is 5.68. The lowest BCUT2D eigenvalue weighted by molar-refractivity contribution is 0.471. The number of hydrogen-bond acceptors (Lipinski definition) is 2. The Morgan fingerprint density at radius 2 is 1.65 bits per heavy atom. The molecule has 2 rings (SSSR count). The monoisotopic (exact) mass is 269 g/mol. The Balaban J connectivity index is 2.27. The van der Waals surface area contributed by atoms with Crippen LogP contribution in [-0.4, -0.2) is 0 Å². The summed E-state index contributed by atoms with van der Waals surface area (Å²) in [6, 6.07) is 14.3. The highest BCUT2D eigenvalue weighted by atomic mass is 16.5. The molecule has 0 saturated carbocycles. The minimum atomic E-state index is 0.156. The van der Waals surface area contributed by atoms with Gasteiger partial charge in [-0.15, -0.1) is 0 Å². The Morgan fingerprint density at radius 1 is 1.00 bits per heavy atom. The SMILES string of the molecule is Cc1cccc(CN)c1Oc1ccc(C(C)(C)C)cc1. The summed E-state index contributed by atoms with van der Waals surface area (Å²) < 4.78 is 6.02. The fraction of sp³-hybridized carbons (Fsp3) is 0.333. The second-order valence-electron chi connectivity index (χ2n) is 6.14. The molecule has 0 bridgehead atoms. The van der Waals surface area contributed by atoms with Crippen LogP contribution in [0.15, 0.2) is 42.5 Å². The van der Waals surface area contributed by atoms with E-state index in [-0.39, 0.29) is 5.41 Å². The van der Waals surface area contributed by atoms with Gasteiger partial charge in [-0.05, 0) is 35.6 Å². The molecule has 20 heavy (non-hydrogen) atoms. The van der Waals surface area contributed by atoms with Gasteiger partial charge in [-0.25, -0.2) is 0 Å². The third kappa shape index (κ3) is 3.20. The molecular weight excluding hydrogens is 246 g/mol. The van der Waals surface area contributed by atoms with Crippen LogP contribution >= 0.6 is 0 Å². The number of aryl methyl sites for hydroxylation is 1. The van der Waals surface area contributed by atoms with Crippen molar-refractivity contribution < 1.29 is 4.74 Å². The van der Waals surface area contributed by atoms with Crippen LogP contribution in [0.3, 0.4) is 0 Å². The van der Waals surface area contributed by atoms with Crippen molar-refractivity contribution >= 4 is 0 Å². The minimum Gasteiger partial charge on any atom is -0.457 e. The van der Waals surface area contributed by atoms with Gasteiger partial charge in [0.15, 0.2) is 0 Å². The van der Waals surface area contributed by atoms with Crippen LogP contribution < -0.4 is 10.5 Å². The van der Waals surface area contributed by atoms with Gasteiger partial charge in [-0.1, -0.05) is 51.1 Å². The maximum atomic E-state index is 6.02. The predicted molar refractivity (Wildman–Crippen MR) is 84.3 cm³/mol. The summed E-state index contributed by atoms with van der Waals surface area (Å²) in [5.41, 5.74) is 9.37. The van der Waals surface area contributed by atoms with E-state index >= 15 is 0 Å². The number of hydrogen-bond donors (Lipinski definition) is 1. The third-order valence-electron chi connectivity index (χ3n) is 3.45. The van der Waals surface area contributed by atoms with Crippen LogP contribution in [0.5, 0.6) is 11.5 Å². The van der Waals surface area contributed by atoms with E-state index in [0.717, 1.165) is 22.6 Å². The predicted octanol–water partition coefficient (Wildman–Crippen LogP) is 4.54. The Kier molecular flexibility index (Phi) is 4.15. The Labute approximate surface area is 121 Å². The van der Waals surface area contributed by atoms with E-state index in [1.54, 1.807) is 0 Å². The zero-order valence-corrected chi connectivity index (χ0v) is 12.7. The fourth-order valence-corrected chi connectivity index (χ4v) is 2.16. The lowest BCUT2D eigenvalue weighted by Crippen LogP contribution is -2.10. The number of benzene rings is 2. The van der Waals surface area contributed by atoms with Gasteiger partial charge in [0, 0.05) is 12.1 Å². The highest BCUT2D eigenvalue weighted by Crippen LogP contribution is 2.30. The van der Waals surface area contributed by atoms with Gasteiger partial charge in [0.1, 0.15) is 11.5 Å². The third-order valence-corrected chi connectivity index (χ3v) is 3.45. The molecule has 2 heteroatoms. The summed E-state index contributed by atoms with van der Waals surface area (Å²) in [7, 11) is 0. The van der Waals surface area contributed by atoms with Crippen molar-refractivity contribution in [3.63, 3.8) is 0 Å². The van der Waals surface area contributed by atoms with Crippen molar-refractivity contribution in [1.82, 2.24) is 0 Å². The fourth-order valence-electron chi connectivity index (χ4n) is 2.16. The van der Waals surface area contributed by atoms with Gasteiger partial charge in [-0.3, -0.25) is 0 Å². The molecule has 0 heterocycles. The minimum absolute atomic E-state index is 0.156. The summed E-state index contributed by atoms with van der Waals surface area (Å²) >= 11 is 0. The molecule has 0 aliphatic heterocycles. The molecular formula is C18H23NO. The molecule has 2 nitrogen and oxygen atoms in total. The lowest BCUT2D eigenvalue weighted by atomic mass is 9.87. The molecule has 2 N–H and O–H groups in total. The molecule has 2 aromatic carbocycles. The quantitative estimate of drug-likeness (QED) is 0.887. The average molecular weight is 269 g/mol. The highest BCUT2D eigenvalue weighted by molar-refractivity contribution is 5.44. The first-order chi connectivity index (χ1) is 9.41. The van der Waals surface area contributed by atoms with Gasteiger partial charge >= 0.3 is 0 Å². The van der Waals surface area contributed by atoms with Crippen LogP contribution in [0.2, 0.25) is 0 Å². The number of rotatable bonds is 3. The average Bonchev–Trinajstić information content (AvgIpc) is 2.40. The molecule has 0 aliphatic carbocycles. The van der Waals surface area contributed by atoms with Crippen molar-refractivity contribution in [3.05, 3.63) is 59.2 Å². The number of nitrogens with two attached hydrogens (primary N) is 1. The van der Waals surface area contributed by atoms with E-state index in [9.17, 15) is 0 Å². The van der Waals surface area contributed by atoms with Crippen molar-refractivity contribution in [2.24, 2.45) is 5.73 Å². The summed E-state index contributed by atoms with van der Waals surface area (Å²) in [6.07, 6.45) is 0. The highest BCUT2D eigenvalue weighted by Gasteiger charge is 2.13. The molecule has 0 atom stereocenters. The van der Waals surface area contributed by atoms with E-state index in [1.165, 1.54) is 5.56 Å². The first-order valence-corrected chi connectivity index (χ1v) is 6.99. The van der Waals surface area contributed by atoms with Crippen molar-refractivity contribution in [1.29, 1.82) is 0 Å². The van der Waals surface area contributed by atoms with E-state index in [4.69, 9.17) is 10.5 Å². The first-order valence-electron chi connectivity index (χ1n) is 6.99. The van der Waals surface area contributed by atoms with Gasteiger partial charge in [-0.2, -0.15) is 0 Å². The molecule has 0 aliphatic rings. The van der Waals surface area contributed by atoms with Gasteiger partial charge in [0.05, 0.1) is 0 Å². The molecule has 0 amide bonds. The first kappa shape index (κ1) is 14.6. The van der Waals surface area contributed by atoms with Crippen molar-refractivity contribution in [2.45, 2.75) is 39.7 Å². The largest absolute Gasteiger partial charge is 0.457 e. The molecule has 106 valence electrons. The summed E-state index contributed by atoms with van der Waals surface area (Å²) in [5, 5.41) is 0. The molecule has 0 spiro atoms. The smallest absolute Gasteiger partial charge is 0.134 e. The van der Waals surface area contributed by atoms with Gasteiger partial charge in [0.2, 0.25) is 0 Å². The summed E-state index contributed by atoms with van der Waals surface area (Å²) in [6.45, 7) is 9.14.